The third-order valence-electron chi connectivity index (χ3n) is 9.76. The number of anilines is 2. The molecule has 2 aliphatic heterocycles. The van der Waals surface area contributed by atoms with Crippen LogP contribution in [0, 0.1) is 30.2 Å². The van der Waals surface area contributed by atoms with Crippen LogP contribution >= 0.6 is 34.7 Å². The lowest BCUT2D eigenvalue weighted by molar-refractivity contribution is 0.249. The number of aromatic nitrogens is 4. The third-order valence-corrected chi connectivity index (χ3v) is 11.6. The molecule has 6 aromatic rings. The molecule has 0 bridgehead atoms. The summed E-state index contributed by atoms with van der Waals surface area (Å²) in [6.07, 6.45) is 0.996. The minimum Gasteiger partial charge on any atom is -0.344 e. The summed E-state index contributed by atoms with van der Waals surface area (Å²) >= 11 is 8.52. The van der Waals surface area contributed by atoms with E-state index in [-0.39, 0.29) is 0 Å². The molecule has 2 aromatic heterocycles. The predicted molar refractivity (Wildman–Crippen MR) is 213 cm³/mol. The molecule has 0 amide bonds. The second-order valence-corrected chi connectivity index (χ2v) is 15.4. The Morgan fingerprint density at radius 2 is 1.11 bits per heavy atom. The van der Waals surface area contributed by atoms with Gasteiger partial charge in [0.25, 0.3) is 0 Å². The van der Waals surface area contributed by atoms with Gasteiger partial charge in [0.2, 0.25) is 10.3 Å². The average molecular weight is 807 g/mol. The maximum atomic E-state index is 13.4. The van der Waals surface area contributed by atoms with Crippen LogP contribution in [0.25, 0.3) is 22.8 Å². The van der Waals surface area contributed by atoms with Gasteiger partial charge >= 0.3 is 0 Å². The Kier molecular flexibility index (Phi) is 12.7. The van der Waals surface area contributed by atoms with Crippen LogP contribution in [0.15, 0.2) is 84.9 Å². The number of benzene rings is 4. The number of hydrogen-bond donors (Lipinski definition) is 0. The molecule has 8 rings (SSSR count). The van der Waals surface area contributed by atoms with E-state index in [9.17, 15) is 17.6 Å². The van der Waals surface area contributed by atoms with E-state index in [0.29, 0.717) is 22.8 Å². The van der Waals surface area contributed by atoms with Gasteiger partial charge in [0.15, 0.2) is 34.9 Å². The van der Waals surface area contributed by atoms with E-state index in [1.54, 1.807) is 0 Å². The summed E-state index contributed by atoms with van der Waals surface area (Å²) in [5.41, 5.74) is 4.95. The summed E-state index contributed by atoms with van der Waals surface area (Å²) in [4.78, 5) is 18.3. The van der Waals surface area contributed by atoms with E-state index in [0.717, 1.165) is 111 Å². The number of halogens is 5. The van der Waals surface area contributed by atoms with Crippen molar-refractivity contribution >= 4 is 44.9 Å². The average Bonchev–Trinajstić information content (AvgIpc) is 3.90. The van der Waals surface area contributed by atoms with Crippen molar-refractivity contribution in [3.63, 3.8) is 0 Å². The first-order valence-corrected chi connectivity index (χ1v) is 19.9. The van der Waals surface area contributed by atoms with E-state index in [1.165, 1.54) is 51.9 Å². The van der Waals surface area contributed by atoms with E-state index >= 15 is 0 Å². The lowest BCUT2D eigenvalue weighted by atomic mass is 10.1. The zero-order valence-electron chi connectivity index (χ0n) is 30.1. The Morgan fingerprint density at radius 1 is 0.600 bits per heavy atom. The second-order valence-electron chi connectivity index (χ2n) is 13.5. The van der Waals surface area contributed by atoms with Crippen molar-refractivity contribution in [3.05, 3.63) is 130 Å². The quantitative estimate of drug-likeness (QED) is 0.135. The minimum atomic E-state index is -0.886. The molecule has 2 saturated heterocycles. The van der Waals surface area contributed by atoms with E-state index < -0.39 is 23.3 Å². The molecular weight excluding hydrogens is 768 g/mol. The van der Waals surface area contributed by atoms with Crippen molar-refractivity contribution in [2.75, 3.05) is 68.7 Å². The second kappa shape index (κ2) is 18.0. The topological polar surface area (TPSA) is 64.5 Å². The van der Waals surface area contributed by atoms with Crippen molar-refractivity contribution in [3.8, 4) is 22.8 Å². The molecule has 55 heavy (non-hydrogen) atoms. The molecule has 2 aliphatic rings. The zero-order valence-corrected chi connectivity index (χ0v) is 32.5. The molecule has 2 fully saturated rings. The fourth-order valence-corrected chi connectivity index (χ4v) is 8.02. The molecule has 0 atom stereocenters. The Hall–Kier alpha value is -4.47. The van der Waals surface area contributed by atoms with Crippen LogP contribution in [-0.4, -0.2) is 87.4 Å². The summed E-state index contributed by atoms with van der Waals surface area (Å²) in [5.74, 6) is -2.62. The van der Waals surface area contributed by atoms with Crippen LogP contribution in [0.1, 0.15) is 16.7 Å². The standard InChI is InChI=1S/C20H19ClF2N4S.C20H20F2N4S/c21-16-4-1-14(2-5-16)7-8-26-9-11-27(12-10-26)20-24-19(25-28-20)15-3-6-17(22)18(23)13-15;1-14-4-2-3-5-16(14)13-25-8-10-26(11-9-25)20-23-19(24-27-20)15-6-7-17(21)18(22)12-15/h1-6,13H,7-12H2;2-7,12H,8-11,13H2,1H3. The van der Waals surface area contributed by atoms with Crippen LogP contribution in [0.2, 0.25) is 5.02 Å². The number of hydrogen-bond acceptors (Lipinski definition) is 10. The van der Waals surface area contributed by atoms with E-state index in [1.807, 2.05) is 12.1 Å². The number of piperazine rings is 2. The smallest absolute Gasteiger partial charge is 0.205 e. The predicted octanol–water partition coefficient (Wildman–Crippen LogP) is 8.62. The van der Waals surface area contributed by atoms with Crippen LogP contribution in [-0.2, 0) is 13.0 Å². The van der Waals surface area contributed by atoms with Crippen molar-refractivity contribution in [2.24, 2.45) is 0 Å². The van der Waals surface area contributed by atoms with Gasteiger partial charge in [-0.05, 0) is 78.6 Å². The lowest BCUT2D eigenvalue weighted by Gasteiger charge is -2.34. The Balaban J connectivity index is 0.000000169. The molecule has 286 valence electrons. The third kappa shape index (κ3) is 10.0. The number of aryl methyl sites for hydroxylation is 1. The Bertz CT molecular complexity index is 2180. The summed E-state index contributed by atoms with van der Waals surface area (Å²) in [5, 5.41) is 2.40. The van der Waals surface area contributed by atoms with Gasteiger partial charge in [-0.3, -0.25) is 9.80 Å². The van der Waals surface area contributed by atoms with Gasteiger partial charge < -0.3 is 9.80 Å². The monoisotopic (exact) mass is 806 g/mol. The minimum absolute atomic E-state index is 0.434. The molecule has 0 saturated carbocycles. The maximum absolute atomic E-state index is 13.4. The number of rotatable bonds is 9. The highest BCUT2D eigenvalue weighted by molar-refractivity contribution is 7.10. The van der Waals surface area contributed by atoms with Gasteiger partial charge in [-0.15, -0.1) is 0 Å². The first-order chi connectivity index (χ1) is 26.7. The zero-order chi connectivity index (χ0) is 38.3. The first kappa shape index (κ1) is 38.8. The van der Waals surface area contributed by atoms with Crippen LogP contribution in [0.3, 0.4) is 0 Å². The Morgan fingerprint density at radius 3 is 1.62 bits per heavy atom. The highest BCUT2D eigenvalue weighted by atomic mass is 35.5. The van der Waals surface area contributed by atoms with E-state index in [2.05, 4.69) is 81.6 Å². The van der Waals surface area contributed by atoms with Crippen molar-refractivity contribution in [1.29, 1.82) is 0 Å². The maximum Gasteiger partial charge on any atom is 0.205 e. The fourth-order valence-electron chi connectivity index (χ4n) is 6.42. The highest BCUT2D eigenvalue weighted by Gasteiger charge is 2.22. The van der Waals surface area contributed by atoms with Crippen molar-refractivity contribution in [1.82, 2.24) is 28.5 Å². The number of nitrogens with zero attached hydrogens (tertiary/aromatic N) is 8. The molecule has 0 N–H and O–H groups in total. The van der Waals surface area contributed by atoms with Crippen molar-refractivity contribution < 1.29 is 17.6 Å². The molecule has 15 heteroatoms. The lowest BCUT2D eigenvalue weighted by Crippen LogP contribution is -2.47. The molecule has 8 nitrogen and oxygen atoms in total. The first-order valence-electron chi connectivity index (χ1n) is 18.0. The molecule has 4 aromatic carbocycles. The van der Waals surface area contributed by atoms with Crippen LogP contribution in [0.4, 0.5) is 27.8 Å². The van der Waals surface area contributed by atoms with Gasteiger partial charge in [0.05, 0.1) is 0 Å². The van der Waals surface area contributed by atoms with Gasteiger partial charge in [-0.25, -0.2) is 17.6 Å². The van der Waals surface area contributed by atoms with Gasteiger partial charge in [-0.2, -0.15) is 18.7 Å². The largest absolute Gasteiger partial charge is 0.344 e. The van der Waals surface area contributed by atoms with Gasteiger partial charge in [0, 0.05) is 105 Å². The molecule has 0 aliphatic carbocycles. The van der Waals surface area contributed by atoms with Gasteiger partial charge in [-0.1, -0.05) is 48.0 Å². The normalized spacial score (nSPS) is 15.2. The van der Waals surface area contributed by atoms with Gasteiger partial charge in [0.1, 0.15) is 0 Å². The van der Waals surface area contributed by atoms with Crippen molar-refractivity contribution in [2.45, 2.75) is 19.9 Å². The molecule has 0 radical (unpaired) electrons. The van der Waals surface area contributed by atoms with Crippen LogP contribution in [0.5, 0.6) is 0 Å². The Labute approximate surface area is 331 Å². The SMILES string of the molecule is Cc1ccccc1CN1CCN(c2nc(-c3ccc(F)c(F)c3)ns2)CC1.Fc1ccc(-c2nsc(N3CCN(CCc4ccc(Cl)cc4)CC3)n2)cc1F. The molecule has 4 heterocycles. The summed E-state index contributed by atoms with van der Waals surface area (Å²) < 4.78 is 61.7. The summed E-state index contributed by atoms with van der Waals surface area (Å²) in [7, 11) is 0. The molecule has 0 unspecified atom stereocenters. The highest BCUT2D eigenvalue weighted by Crippen LogP contribution is 2.28. The van der Waals surface area contributed by atoms with Crippen LogP contribution < -0.4 is 9.80 Å². The fraction of sp³-hybridized carbons (Fsp3) is 0.300. The van der Waals surface area contributed by atoms with E-state index in [4.69, 9.17) is 11.6 Å². The molecule has 0 spiro atoms. The summed E-state index contributed by atoms with van der Waals surface area (Å²) in [6, 6.07) is 24.0. The summed E-state index contributed by atoms with van der Waals surface area (Å²) in [6.45, 7) is 11.4. The molecular formula is C40H39ClF4N8S2.